The molecule has 0 radical (unpaired) electrons. The third-order valence-corrected chi connectivity index (χ3v) is 3.71. The van der Waals surface area contributed by atoms with Gasteiger partial charge in [-0.1, -0.05) is 6.07 Å². The number of amides is 2. The van der Waals surface area contributed by atoms with Crippen LogP contribution in [0.2, 0.25) is 0 Å². The zero-order valence-electron chi connectivity index (χ0n) is 14.5. The van der Waals surface area contributed by atoms with Crippen LogP contribution in [0, 0.1) is 0 Å². The fourth-order valence-corrected chi connectivity index (χ4v) is 2.44. The number of imidazole rings is 1. The summed E-state index contributed by atoms with van der Waals surface area (Å²) in [7, 11) is 3.10. The van der Waals surface area contributed by atoms with E-state index in [0.29, 0.717) is 29.5 Å². The average Bonchev–Trinajstić information content (AvgIpc) is 3.21. The molecule has 26 heavy (non-hydrogen) atoms. The molecule has 2 amide bonds. The summed E-state index contributed by atoms with van der Waals surface area (Å²) in [4.78, 5) is 20.7. The molecular weight excluding hydrogens is 334 g/mol. The summed E-state index contributed by atoms with van der Waals surface area (Å²) in [5.74, 6) is 1.88. The molecular formula is C18H19N5O3. The summed E-state index contributed by atoms with van der Waals surface area (Å²) in [6, 6.07) is 8.54. The minimum atomic E-state index is -0.364. The quantitative estimate of drug-likeness (QED) is 0.711. The molecule has 0 aliphatic heterocycles. The molecule has 134 valence electrons. The van der Waals surface area contributed by atoms with Gasteiger partial charge in [0.05, 0.1) is 19.9 Å². The lowest BCUT2D eigenvalue weighted by Gasteiger charge is -2.13. The smallest absolute Gasteiger partial charge is 0.319 e. The molecule has 0 saturated carbocycles. The van der Waals surface area contributed by atoms with E-state index in [-0.39, 0.29) is 6.03 Å². The van der Waals surface area contributed by atoms with Crippen LogP contribution in [-0.4, -0.2) is 34.8 Å². The molecule has 0 aliphatic rings. The van der Waals surface area contributed by atoms with Gasteiger partial charge in [0.1, 0.15) is 23.6 Å². The number of aromatic nitrogens is 3. The molecule has 3 aromatic rings. The number of carbonyl (C=O) groups is 1. The van der Waals surface area contributed by atoms with E-state index in [1.54, 1.807) is 54.8 Å². The molecule has 0 unspecified atom stereocenters. The standard InChI is InChI=1S/C18H19N5O3/c1-25-14-5-6-16(26-2)15(10-14)22-18(24)21-11-13-4-3-7-20-17(13)23-9-8-19-12-23/h3-10,12H,11H2,1-2H3,(H2,21,22,24). The molecule has 8 heteroatoms. The number of hydrogen-bond donors (Lipinski definition) is 2. The minimum Gasteiger partial charge on any atom is -0.497 e. The van der Waals surface area contributed by atoms with E-state index >= 15 is 0 Å². The number of rotatable bonds is 6. The number of methoxy groups -OCH3 is 2. The van der Waals surface area contributed by atoms with Gasteiger partial charge < -0.3 is 20.1 Å². The Hall–Kier alpha value is -3.55. The zero-order valence-corrected chi connectivity index (χ0v) is 14.5. The van der Waals surface area contributed by atoms with Crippen LogP contribution in [0.1, 0.15) is 5.56 Å². The Morgan fingerprint density at radius 2 is 2.08 bits per heavy atom. The first-order valence-corrected chi connectivity index (χ1v) is 7.90. The van der Waals surface area contributed by atoms with E-state index in [0.717, 1.165) is 5.56 Å². The monoisotopic (exact) mass is 353 g/mol. The van der Waals surface area contributed by atoms with E-state index in [1.807, 2.05) is 12.1 Å². The summed E-state index contributed by atoms with van der Waals surface area (Å²) in [5, 5.41) is 5.58. The summed E-state index contributed by atoms with van der Waals surface area (Å²) >= 11 is 0. The molecule has 0 atom stereocenters. The van der Waals surface area contributed by atoms with E-state index in [9.17, 15) is 4.79 Å². The minimum absolute atomic E-state index is 0.305. The van der Waals surface area contributed by atoms with Gasteiger partial charge in [-0.25, -0.2) is 14.8 Å². The maximum absolute atomic E-state index is 12.3. The van der Waals surface area contributed by atoms with Crippen LogP contribution in [0.3, 0.4) is 0 Å². The number of urea groups is 1. The van der Waals surface area contributed by atoms with Crippen LogP contribution in [0.5, 0.6) is 11.5 Å². The van der Waals surface area contributed by atoms with Crippen molar-refractivity contribution in [1.82, 2.24) is 19.9 Å². The Labute approximate surface area is 150 Å². The number of nitrogens with one attached hydrogen (secondary N) is 2. The highest BCUT2D eigenvalue weighted by atomic mass is 16.5. The normalized spacial score (nSPS) is 10.2. The highest BCUT2D eigenvalue weighted by molar-refractivity contribution is 5.91. The van der Waals surface area contributed by atoms with Crippen LogP contribution in [-0.2, 0) is 6.54 Å². The number of hydrogen-bond acceptors (Lipinski definition) is 5. The largest absolute Gasteiger partial charge is 0.497 e. The molecule has 2 aromatic heterocycles. The molecule has 0 fully saturated rings. The molecule has 0 aliphatic carbocycles. The Morgan fingerprint density at radius 1 is 1.19 bits per heavy atom. The first kappa shape index (κ1) is 17.3. The fraction of sp³-hybridized carbons (Fsp3) is 0.167. The van der Waals surface area contributed by atoms with Crippen molar-refractivity contribution in [1.29, 1.82) is 0 Å². The second-order valence-electron chi connectivity index (χ2n) is 5.33. The van der Waals surface area contributed by atoms with Crippen molar-refractivity contribution in [3.63, 3.8) is 0 Å². The Bertz CT molecular complexity index is 880. The van der Waals surface area contributed by atoms with E-state index in [2.05, 4.69) is 20.6 Å². The summed E-state index contributed by atoms with van der Waals surface area (Å²) in [6.45, 7) is 0.305. The molecule has 1 aromatic carbocycles. The van der Waals surface area contributed by atoms with Crippen molar-refractivity contribution >= 4 is 11.7 Å². The first-order valence-electron chi connectivity index (χ1n) is 7.90. The Kier molecular flexibility index (Phi) is 5.33. The van der Waals surface area contributed by atoms with Crippen LogP contribution in [0.25, 0.3) is 5.82 Å². The molecule has 0 spiro atoms. The highest BCUT2D eigenvalue weighted by Crippen LogP contribution is 2.28. The fourth-order valence-electron chi connectivity index (χ4n) is 2.44. The van der Waals surface area contributed by atoms with E-state index in [4.69, 9.17) is 9.47 Å². The van der Waals surface area contributed by atoms with E-state index in [1.165, 1.54) is 7.11 Å². The van der Waals surface area contributed by atoms with Crippen LogP contribution >= 0.6 is 0 Å². The number of carbonyl (C=O) groups excluding carboxylic acids is 1. The molecule has 0 saturated heterocycles. The third kappa shape index (κ3) is 3.92. The number of nitrogens with zero attached hydrogens (tertiary/aromatic N) is 3. The second-order valence-corrected chi connectivity index (χ2v) is 5.33. The maximum atomic E-state index is 12.3. The van der Waals surface area contributed by atoms with Gasteiger partial charge in [0.25, 0.3) is 0 Å². The maximum Gasteiger partial charge on any atom is 0.319 e. The SMILES string of the molecule is COc1ccc(OC)c(NC(=O)NCc2cccnc2-n2ccnc2)c1. The van der Waals surface area contributed by atoms with Crippen LogP contribution in [0.15, 0.2) is 55.2 Å². The van der Waals surface area contributed by atoms with Crippen molar-refractivity contribution in [2.45, 2.75) is 6.54 Å². The lowest BCUT2D eigenvalue weighted by Crippen LogP contribution is -2.29. The van der Waals surface area contributed by atoms with Gasteiger partial charge in [-0.3, -0.25) is 4.57 Å². The topological polar surface area (TPSA) is 90.3 Å². The molecule has 8 nitrogen and oxygen atoms in total. The predicted octanol–water partition coefficient (Wildman–Crippen LogP) is 2.61. The van der Waals surface area contributed by atoms with Gasteiger partial charge >= 0.3 is 6.03 Å². The van der Waals surface area contributed by atoms with Crippen LogP contribution < -0.4 is 20.1 Å². The summed E-state index contributed by atoms with van der Waals surface area (Å²) in [5.41, 5.74) is 1.38. The molecule has 0 bridgehead atoms. The lowest BCUT2D eigenvalue weighted by atomic mass is 10.2. The Balaban J connectivity index is 1.69. The highest BCUT2D eigenvalue weighted by Gasteiger charge is 2.11. The second kappa shape index (κ2) is 8.02. The van der Waals surface area contributed by atoms with Crippen molar-refractivity contribution in [2.75, 3.05) is 19.5 Å². The van der Waals surface area contributed by atoms with E-state index < -0.39 is 0 Å². The first-order chi connectivity index (χ1) is 12.7. The van der Waals surface area contributed by atoms with Crippen molar-refractivity contribution in [3.05, 3.63) is 60.8 Å². The van der Waals surface area contributed by atoms with Gasteiger partial charge in [-0.15, -0.1) is 0 Å². The number of ether oxygens (including phenoxy) is 2. The predicted molar refractivity (Wildman–Crippen MR) is 96.8 cm³/mol. The summed E-state index contributed by atoms with van der Waals surface area (Å²) < 4.78 is 12.2. The van der Waals surface area contributed by atoms with Crippen molar-refractivity contribution in [3.8, 4) is 17.3 Å². The van der Waals surface area contributed by atoms with Gasteiger partial charge in [0.15, 0.2) is 0 Å². The summed E-state index contributed by atoms with van der Waals surface area (Å²) in [6.07, 6.45) is 6.83. The van der Waals surface area contributed by atoms with Gasteiger partial charge in [0, 0.05) is 36.8 Å². The van der Waals surface area contributed by atoms with Crippen LogP contribution in [0.4, 0.5) is 10.5 Å². The van der Waals surface area contributed by atoms with Gasteiger partial charge in [-0.05, 0) is 18.2 Å². The number of anilines is 1. The number of benzene rings is 1. The third-order valence-electron chi connectivity index (χ3n) is 3.71. The number of pyridine rings is 1. The molecule has 2 N–H and O–H groups in total. The molecule has 2 heterocycles. The average molecular weight is 353 g/mol. The molecule has 3 rings (SSSR count). The van der Waals surface area contributed by atoms with Gasteiger partial charge in [0.2, 0.25) is 0 Å². The Morgan fingerprint density at radius 3 is 2.81 bits per heavy atom. The van der Waals surface area contributed by atoms with Crippen molar-refractivity contribution in [2.24, 2.45) is 0 Å². The lowest BCUT2D eigenvalue weighted by molar-refractivity contribution is 0.251. The van der Waals surface area contributed by atoms with Gasteiger partial charge in [-0.2, -0.15) is 0 Å². The zero-order chi connectivity index (χ0) is 18.4. The van der Waals surface area contributed by atoms with Crippen molar-refractivity contribution < 1.29 is 14.3 Å².